The van der Waals surface area contributed by atoms with Crippen LogP contribution in [0.5, 0.6) is 5.75 Å². The normalized spacial score (nSPS) is 17.0. The Morgan fingerprint density at radius 1 is 1.24 bits per heavy atom. The summed E-state index contributed by atoms with van der Waals surface area (Å²) in [7, 11) is 1.67. The second-order valence-corrected chi connectivity index (χ2v) is 6.50. The molecule has 0 bridgehead atoms. The van der Waals surface area contributed by atoms with Gasteiger partial charge in [-0.05, 0) is 42.9 Å². The molecule has 2 rings (SSSR count). The van der Waals surface area contributed by atoms with Crippen LogP contribution in [0.4, 0.5) is 0 Å². The van der Waals surface area contributed by atoms with E-state index in [1.807, 2.05) is 12.1 Å². The van der Waals surface area contributed by atoms with Gasteiger partial charge in [0.05, 0.1) is 12.6 Å². The molecular formula is C18H27NO2. The fraction of sp³-hybridized carbons (Fsp3) is 0.611. The molecule has 3 heteroatoms. The highest BCUT2D eigenvalue weighted by atomic mass is 16.5. The molecule has 0 radical (unpaired) electrons. The van der Waals surface area contributed by atoms with Gasteiger partial charge in [-0.3, -0.25) is 4.79 Å². The van der Waals surface area contributed by atoms with Crippen molar-refractivity contribution in [3.8, 4) is 5.75 Å². The second kappa shape index (κ2) is 6.97. The van der Waals surface area contributed by atoms with Crippen molar-refractivity contribution in [2.45, 2.75) is 57.9 Å². The van der Waals surface area contributed by atoms with Crippen LogP contribution in [0.25, 0.3) is 0 Å². The van der Waals surface area contributed by atoms with Gasteiger partial charge >= 0.3 is 0 Å². The molecule has 0 heterocycles. The van der Waals surface area contributed by atoms with Gasteiger partial charge in [-0.2, -0.15) is 0 Å². The molecule has 0 aliphatic heterocycles. The molecule has 0 saturated heterocycles. The molecule has 0 unspecified atom stereocenters. The highest BCUT2D eigenvalue weighted by Crippen LogP contribution is 2.39. The Morgan fingerprint density at radius 3 is 2.38 bits per heavy atom. The molecule has 1 amide bonds. The van der Waals surface area contributed by atoms with E-state index in [2.05, 4.69) is 31.3 Å². The quantitative estimate of drug-likeness (QED) is 0.859. The number of nitrogens with one attached hydrogen (secondary N) is 1. The van der Waals surface area contributed by atoms with E-state index in [0.717, 1.165) is 25.0 Å². The van der Waals surface area contributed by atoms with Crippen LogP contribution in [0.1, 0.15) is 57.9 Å². The molecule has 0 spiro atoms. The molecular weight excluding hydrogens is 262 g/mol. The minimum atomic E-state index is -0.166. The standard InChI is InChI=1S/C18H27NO2/c1-14(2)6-11-17(20)19-18(12-4-5-13-18)15-7-9-16(21-3)10-8-15/h7-10,14H,4-6,11-13H2,1-3H3,(H,19,20). The lowest BCUT2D eigenvalue weighted by Crippen LogP contribution is -2.43. The Hall–Kier alpha value is -1.51. The van der Waals surface area contributed by atoms with Gasteiger partial charge in [0.15, 0.2) is 0 Å². The Morgan fingerprint density at radius 2 is 1.86 bits per heavy atom. The first kappa shape index (κ1) is 15.9. The fourth-order valence-electron chi connectivity index (χ4n) is 3.12. The van der Waals surface area contributed by atoms with E-state index >= 15 is 0 Å². The van der Waals surface area contributed by atoms with Gasteiger partial charge in [-0.15, -0.1) is 0 Å². The third kappa shape index (κ3) is 3.99. The summed E-state index contributed by atoms with van der Waals surface area (Å²) in [5.74, 6) is 1.61. The maximum Gasteiger partial charge on any atom is 0.220 e. The Bertz CT molecular complexity index is 459. The summed E-state index contributed by atoms with van der Waals surface area (Å²) < 4.78 is 5.22. The van der Waals surface area contributed by atoms with Crippen molar-refractivity contribution in [3.63, 3.8) is 0 Å². The number of amides is 1. The molecule has 1 fully saturated rings. The Kier molecular flexibility index (Phi) is 5.27. The minimum Gasteiger partial charge on any atom is -0.497 e. The lowest BCUT2D eigenvalue weighted by molar-refractivity contribution is -0.123. The molecule has 1 aromatic rings. The zero-order valence-electron chi connectivity index (χ0n) is 13.4. The molecule has 0 atom stereocenters. The number of rotatable bonds is 6. The first-order valence-corrected chi connectivity index (χ1v) is 8.01. The number of methoxy groups -OCH3 is 1. The van der Waals surface area contributed by atoms with Gasteiger partial charge in [-0.25, -0.2) is 0 Å². The number of carbonyl (C=O) groups excluding carboxylic acids is 1. The maximum absolute atomic E-state index is 12.3. The number of hydrogen-bond donors (Lipinski definition) is 1. The maximum atomic E-state index is 12.3. The summed E-state index contributed by atoms with van der Waals surface area (Å²) in [6, 6.07) is 8.14. The van der Waals surface area contributed by atoms with Gasteiger partial charge in [0, 0.05) is 6.42 Å². The Labute approximate surface area is 128 Å². The summed E-state index contributed by atoms with van der Waals surface area (Å²) in [4.78, 5) is 12.3. The van der Waals surface area contributed by atoms with Crippen molar-refractivity contribution in [1.82, 2.24) is 5.32 Å². The summed E-state index contributed by atoms with van der Waals surface area (Å²) in [5.41, 5.74) is 1.04. The molecule has 0 aromatic heterocycles. The van der Waals surface area contributed by atoms with Crippen LogP contribution < -0.4 is 10.1 Å². The van der Waals surface area contributed by atoms with Crippen LogP contribution in [0, 0.1) is 5.92 Å². The van der Waals surface area contributed by atoms with Crippen LogP contribution in [0.3, 0.4) is 0 Å². The minimum absolute atomic E-state index is 0.166. The number of carbonyl (C=O) groups is 1. The summed E-state index contributed by atoms with van der Waals surface area (Å²) >= 11 is 0. The summed E-state index contributed by atoms with van der Waals surface area (Å²) in [5, 5.41) is 3.32. The first-order chi connectivity index (χ1) is 10.1. The fourth-order valence-corrected chi connectivity index (χ4v) is 3.12. The second-order valence-electron chi connectivity index (χ2n) is 6.50. The van der Waals surface area contributed by atoms with E-state index in [4.69, 9.17) is 4.74 Å². The van der Waals surface area contributed by atoms with Gasteiger partial charge in [0.25, 0.3) is 0 Å². The number of benzene rings is 1. The highest BCUT2D eigenvalue weighted by molar-refractivity contribution is 5.77. The van der Waals surface area contributed by atoms with Crippen LogP contribution in [-0.4, -0.2) is 13.0 Å². The summed E-state index contributed by atoms with van der Waals surface area (Å²) in [6.45, 7) is 4.31. The van der Waals surface area contributed by atoms with E-state index in [1.165, 1.54) is 18.4 Å². The van der Waals surface area contributed by atoms with Crippen molar-refractivity contribution in [2.24, 2.45) is 5.92 Å². The third-order valence-electron chi connectivity index (χ3n) is 4.43. The number of ether oxygens (including phenoxy) is 1. The van der Waals surface area contributed by atoms with Gasteiger partial charge in [0.1, 0.15) is 5.75 Å². The lowest BCUT2D eigenvalue weighted by Gasteiger charge is -2.31. The highest BCUT2D eigenvalue weighted by Gasteiger charge is 2.36. The van der Waals surface area contributed by atoms with E-state index in [-0.39, 0.29) is 11.4 Å². The molecule has 1 aromatic carbocycles. The van der Waals surface area contributed by atoms with Crippen molar-refractivity contribution in [3.05, 3.63) is 29.8 Å². The van der Waals surface area contributed by atoms with E-state index in [0.29, 0.717) is 12.3 Å². The van der Waals surface area contributed by atoms with E-state index < -0.39 is 0 Å². The van der Waals surface area contributed by atoms with Crippen LogP contribution in [-0.2, 0) is 10.3 Å². The predicted octanol–water partition coefficient (Wildman–Crippen LogP) is 4.02. The first-order valence-electron chi connectivity index (χ1n) is 8.01. The Balaban J connectivity index is 2.10. The average molecular weight is 289 g/mol. The van der Waals surface area contributed by atoms with Crippen molar-refractivity contribution >= 4 is 5.91 Å². The molecule has 116 valence electrons. The largest absolute Gasteiger partial charge is 0.497 e. The smallest absolute Gasteiger partial charge is 0.220 e. The lowest BCUT2D eigenvalue weighted by atomic mass is 9.87. The van der Waals surface area contributed by atoms with Gasteiger partial charge in [0.2, 0.25) is 5.91 Å². The summed E-state index contributed by atoms with van der Waals surface area (Å²) in [6.07, 6.45) is 5.99. The molecule has 1 saturated carbocycles. The molecule has 1 aliphatic carbocycles. The zero-order chi connectivity index (χ0) is 15.3. The molecule has 1 aliphatic rings. The van der Waals surface area contributed by atoms with Gasteiger partial charge < -0.3 is 10.1 Å². The van der Waals surface area contributed by atoms with Crippen LogP contribution in [0.15, 0.2) is 24.3 Å². The zero-order valence-corrected chi connectivity index (χ0v) is 13.4. The van der Waals surface area contributed by atoms with Crippen molar-refractivity contribution in [2.75, 3.05) is 7.11 Å². The predicted molar refractivity (Wildman–Crippen MR) is 85.4 cm³/mol. The van der Waals surface area contributed by atoms with Crippen LogP contribution in [0.2, 0.25) is 0 Å². The number of hydrogen-bond acceptors (Lipinski definition) is 2. The monoisotopic (exact) mass is 289 g/mol. The topological polar surface area (TPSA) is 38.3 Å². The van der Waals surface area contributed by atoms with Crippen LogP contribution >= 0.6 is 0 Å². The van der Waals surface area contributed by atoms with E-state index in [9.17, 15) is 4.79 Å². The van der Waals surface area contributed by atoms with Crippen molar-refractivity contribution in [1.29, 1.82) is 0 Å². The SMILES string of the molecule is COc1ccc(C2(NC(=O)CCC(C)C)CCCC2)cc1. The molecule has 21 heavy (non-hydrogen) atoms. The third-order valence-corrected chi connectivity index (χ3v) is 4.43. The van der Waals surface area contributed by atoms with E-state index in [1.54, 1.807) is 7.11 Å². The van der Waals surface area contributed by atoms with Crippen molar-refractivity contribution < 1.29 is 9.53 Å². The van der Waals surface area contributed by atoms with Gasteiger partial charge in [-0.1, -0.05) is 38.8 Å². The average Bonchev–Trinajstić information content (AvgIpc) is 2.95. The molecule has 1 N–H and O–H groups in total. The molecule has 3 nitrogen and oxygen atoms in total.